The summed E-state index contributed by atoms with van der Waals surface area (Å²) < 4.78 is 10.4. The van der Waals surface area contributed by atoms with Crippen molar-refractivity contribution in [3.8, 4) is 11.5 Å². The maximum Gasteiger partial charge on any atom is 0.337 e. The van der Waals surface area contributed by atoms with Gasteiger partial charge < -0.3 is 19.9 Å². The number of ether oxygens (including phenoxy) is 2. The van der Waals surface area contributed by atoms with Crippen molar-refractivity contribution < 1.29 is 19.4 Å². The van der Waals surface area contributed by atoms with Crippen LogP contribution < -0.4 is 14.8 Å². The number of aromatic carboxylic acids is 1. The maximum absolute atomic E-state index is 11.4. The summed E-state index contributed by atoms with van der Waals surface area (Å²) in [6.45, 7) is 0. The molecular formula is C15H21NO4. The molecule has 1 aliphatic rings. The average Bonchev–Trinajstić information content (AvgIpc) is 2.47. The topological polar surface area (TPSA) is 67.8 Å². The zero-order chi connectivity index (χ0) is 14.5. The summed E-state index contributed by atoms with van der Waals surface area (Å²) in [5.41, 5.74) is 0.815. The normalized spacial score (nSPS) is 15.7. The van der Waals surface area contributed by atoms with Gasteiger partial charge in [-0.15, -0.1) is 0 Å². The van der Waals surface area contributed by atoms with Crippen LogP contribution in [0.2, 0.25) is 0 Å². The van der Waals surface area contributed by atoms with Gasteiger partial charge in [0.2, 0.25) is 0 Å². The Bertz CT molecular complexity index is 481. The van der Waals surface area contributed by atoms with Crippen molar-refractivity contribution in [2.24, 2.45) is 0 Å². The second kappa shape index (κ2) is 6.50. The van der Waals surface area contributed by atoms with Gasteiger partial charge in [-0.1, -0.05) is 19.3 Å². The van der Waals surface area contributed by atoms with Crippen molar-refractivity contribution in [2.75, 3.05) is 19.5 Å². The van der Waals surface area contributed by atoms with Gasteiger partial charge in [-0.05, 0) is 12.8 Å². The van der Waals surface area contributed by atoms with Gasteiger partial charge in [0.15, 0.2) is 11.5 Å². The SMILES string of the molecule is COc1cc(NC2CCCCC2)c(C(=O)O)cc1OC. The van der Waals surface area contributed by atoms with Gasteiger partial charge in [-0.3, -0.25) is 0 Å². The molecule has 0 amide bonds. The number of methoxy groups -OCH3 is 2. The Balaban J connectivity index is 2.30. The lowest BCUT2D eigenvalue weighted by Gasteiger charge is -2.25. The van der Waals surface area contributed by atoms with Crippen LogP contribution in [0.1, 0.15) is 42.5 Å². The van der Waals surface area contributed by atoms with E-state index in [1.165, 1.54) is 32.4 Å². The molecule has 110 valence electrons. The molecule has 1 saturated carbocycles. The molecule has 0 radical (unpaired) electrons. The number of carboxylic acid groups (broad SMARTS) is 1. The van der Waals surface area contributed by atoms with E-state index in [1.807, 2.05) is 0 Å². The fourth-order valence-electron chi connectivity index (χ4n) is 2.64. The first-order valence-electron chi connectivity index (χ1n) is 6.91. The highest BCUT2D eigenvalue weighted by molar-refractivity contribution is 5.95. The maximum atomic E-state index is 11.4. The third kappa shape index (κ3) is 3.15. The Morgan fingerprint density at radius 2 is 1.75 bits per heavy atom. The number of nitrogens with one attached hydrogen (secondary N) is 1. The summed E-state index contributed by atoms with van der Waals surface area (Å²) in [6.07, 6.45) is 5.79. The Morgan fingerprint density at radius 1 is 1.15 bits per heavy atom. The Hall–Kier alpha value is -1.91. The molecule has 0 bridgehead atoms. The van der Waals surface area contributed by atoms with Gasteiger partial charge in [0.1, 0.15) is 0 Å². The lowest BCUT2D eigenvalue weighted by Crippen LogP contribution is -2.23. The fraction of sp³-hybridized carbons (Fsp3) is 0.533. The molecule has 0 saturated heterocycles. The van der Waals surface area contributed by atoms with Crippen LogP contribution in [0.25, 0.3) is 0 Å². The van der Waals surface area contributed by atoms with Crippen molar-refractivity contribution in [1.82, 2.24) is 0 Å². The number of anilines is 1. The third-order valence-corrected chi connectivity index (χ3v) is 3.72. The summed E-state index contributed by atoms with van der Waals surface area (Å²) in [5.74, 6) is -0.000772. The van der Waals surface area contributed by atoms with Gasteiger partial charge >= 0.3 is 5.97 Å². The molecule has 0 spiro atoms. The summed E-state index contributed by atoms with van der Waals surface area (Å²) in [7, 11) is 3.04. The van der Waals surface area contributed by atoms with Crippen LogP contribution in [0.5, 0.6) is 11.5 Å². The number of hydrogen-bond acceptors (Lipinski definition) is 4. The molecule has 1 aromatic rings. The van der Waals surface area contributed by atoms with E-state index in [9.17, 15) is 9.90 Å². The van der Waals surface area contributed by atoms with Crippen LogP contribution in [0, 0.1) is 0 Å². The molecule has 1 aliphatic carbocycles. The van der Waals surface area contributed by atoms with E-state index in [-0.39, 0.29) is 5.56 Å². The van der Waals surface area contributed by atoms with E-state index >= 15 is 0 Å². The lowest BCUT2D eigenvalue weighted by atomic mass is 9.95. The van der Waals surface area contributed by atoms with Gasteiger partial charge in [-0.2, -0.15) is 0 Å². The molecule has 1 aromatic carbocycles. The second-order valence-electron chi connectivity index (χ2n) is 5.04. The molecule has 0 aliphatic heterocycles. The standard InChI is InChI=1S/C15H21NO4/c1-19-13-8-11(15(17)18)12(9-14(13)20-2)16-10-6-4-3-5-7-10/h8-10,16H,3-7H2,1-2H3,(H,17,18). The first kappa shape index (κ1) is 14.5. The molecule has 20 heavy (non-hydrogen) atoms. The van der Waals surface area contributed by atoms with Gasteiger partial charge in [0, 0.05) is 18.2 Å². The largest absolute Gasteiger partial charge is 0.493 e. The van der Waals surface area contributed by atoms with E-state index in [2.05, 4.69) is 5.32 Å². The highest BCUT2D eigenvalue weighted by atomic mass is 16.5. The minimum absolute atomic E-state index is 0.216. The van der Waals surface area contributed by atoms with Crippen molar-refractivity contribution in [1.29, 1.82) is 0 Å². The number of carbonyl (C=O) groups is 1. The smallest absolute Gasteiger partial charge is 0.337 e. The minimum Gasteiger partial charge on any atom is -0.493 e. The summed E-state index contributed by atoms with van der Waals surface area (Å²) in [6, 6.07) is 3.54. The molecule has 0 aromatic heterocycles. The molecule has 0 atom stereocenters. The molecule has 0 unspecified atom stereocenters. The molecule has 5 heteroatoms. The van der Waals surface area contributed by atoms with Crippen molar-refractivity contribution >= 4 is 11.7 Å². The van der Waals surface area contributed by atoms with E-state index in [1.54, 1.807) is 13.2 Å². The van der Waals surface area contributed by atoms with Crippen molar-refractivity contribution in [2.45, 2.75) is 38.1 Å². The third-order valence-electron chi connectivity index (χ3n) is 3.72. The fourth-order valence-corrected chi connectivity index (χ4v) is 2.64. The molecule has 2 rings (SSSR count). The minimum atomic E-state index is -0.968. The van der Waals surface area contributed by atoms with Gasteiger partial charge in [0.25, 0.3) is 0 Å². The zero-order valence-corrected chi connectivity index (χ0v) is 11.9. The van der Waals surface area contributed by atoms with Crippen LogP contribution in [0.15, 0.2) is 12.1 Å². The molecule has 0 heterocycles. The highest BCUT2D eigenvalue weighted by Gasteiger charge is 2.20. The first-order chi connectivity index (χ1) is 9.65. The van der Waals surface area contributed by atoms with Crippen LogP contribution in [0.3, 0.4) is 0 Å². The Labute approximate surface area is 118 Å². The van der Waals surface area contributed by atoms with E-state index in [4.69, 9.17) is 9.47 Å². The van der Waals surface area contributed by atoms with E-state index in [0.717, 1.165) is 12.8 Å². The zero-order valence-electron chi connectivity index (χ0n) is 11.9. The predicted molar refractivity (Wildman–Crippen MR) is 77.0 cm³/mol. The number of carboxylic acids is 1. The van der Waals surface area contributed by atoms with Gasteiger partial charge in [0.05, 0.1) is 25.5 Å². The summed E-state index contributed by atoms with van der Waals surface area (Å²) >= 11 is 0. The van der Waals surface area contributed by atoms with Crippen molar-refractivity contribution in [3.05, 3.63) is 17.7 Å². The Kier molecular flexibility index (Phi) is 4.71. The lowest BCUT2D eigenvalue weighted by molar-refractivity contribution is 0.0697. The van der Waals surface area contributed by atoms with Crippen LogP contribution in [0.4, 0.5) is 5.69 Å². The molecular weight excluding hydrogens is 258 g/mol. The average molecular weight is 279 g/mol. The van der Waals surface area contributed by atoms with Crippen molar-refractivity contribution in [3.63, 3.8) is 0 Å². The monoisotopic (exact) mass is 279 g/mol. The summed E-state index contributed by atoms with van der Waals surface area (Å²) in [4.78, 5) is 11.4. The van der Waals surface area contributed by atoms with Gasteiger partial charge in [-0.25, -0.2) is 4.79 Å². The molecule has 2 N–H and O–H groups in total. The first-order valence-corrected chi connectivity index (χ1v) is 6.91. The van der Waals surface area contributed by atoms with E-state index < -0.39 is 5.97 Å². The van der Waals surface area contributed by atoms with Crippen LogP contribution >= 0.6 is 0 Å². The van der Waals surface area contributed by atoms with Crippen LogP contribution in [-0.2, 0) is 0 Å². The summed E-state index contributed by atoms with van der Waals surface area (Å²) in [5, 5.41) is 12.7. The molecule has 1 fully saturated rings. The van der Waals surface area contributed by atoms with Crippen LogP contribution in [-0.4, -0.2) is 31.3 Å². The van der Waals surface area contributed by atoms with E-state index in [0.29, 0.717) is 23.2 Å². The quantitative estimate of drug-likeness (QED) is 0.866. The second-order valence-corrected chi connectivity index (χ2v) is 5.04. The Morgan fingerprint density at radius 3 is 2.30 bits per heavy atom. The number of rotatable bonds is 5. The number of hydrogen-bond donors (Lipinski definition) is 2. The highest BCUT2D eigenvalue weighted by Crippen LogP contribution is 2.34. The molecule has 5 nitrogen and oxygen atoms in total. The predicted octanol–water partition coefficient (Wildman–Crippen LogP) is 3.15. The number of benzene rings is 1.